The fraction of sp³-hybridized carbons (Fsp3) is 0.286. The highest BCUT2D eigenvalue weighted by Crippen LogP contribution is 2.26. The minimum Gasteiger partial charge on any atom is -0.367 e. The van der Waals surface area contributed by atoms with Crippen molar-refractivity contribution < 1.29 is 0 Å². The standard InChI is InChI=1S/C21H23N3/c1-3-9-17(10-4-1)14-15-19-21(22-18-11-5-2-6-12-18)24-16-8-7-13-20(24)23-19/h1,3-4,7-10,13-16,18,22H,2,5-6,11-12H2. The zero-order valence-electron chi connectivity index (χ0n) is 13.9. The lowest BCUT2D eigenvalue weighted by molar-refractivity contribution is 0.461. The monoisotopic (exact) mass is 317 g/mol. The molecule has 0 unspecified atom stereocenters. The van der Waals surface area contributed by atoms with Crippen LogP contribution in [-0.4, -0.2) is 15.4 Å². The van der Waals surface area contributed by atoms with Gasteiger partial charge in [0.1, 0.15) is 17.2 Å². The molecule has 0 spiro atoms. The summed E-state index contributed by atoms with van der Waals surface area (Å²) in [6.07, 6.45) is 12.9. The Labute approximate surface area is 143 Å². The summed E-state index contributed by atoms with van der Waals surface area (Å²) >= 11 is 0. The molecule has 1 aromatic carbocycles. The summed E-state index contributed by atoms with van der Waals surface area (Å²) in [4.78, 5) is 4.81. The van der Waals surface area contributed by atoms with E-state index in [0.717, 1.165) is 17.2 Å². The third-order valence-electron chi connectivity index (χ3n) is 4.74. The van der Waals surface area contributed by atoms with E-state index in [0.29, 0.717) is 6.04 Å². The van der Waals surface area contributed by atoms with Gasteiger partial charge in [0.15, 0.2) is 0 Å². The summed E-state index contributed by atoms with van der Waals surface area (Å²) in [7, 11) is 0. The summed E-state index contributed by atoms with van der Waals surface area (Å²) in [5, 5.41) is 3.76. The number of imidazole rings is 1. The van der Waals surface area contributed by atoms with Crippen LogP contribution in [0, 0.1) is 0 Å². The fourth-order valence-electron chi connectivity index (χ4n) is 3.45. The number of benzene rings is 1. The van der Waals surface area contributed by atoms with Gasteiger partial charge in [0.2, 0.25) is 0 Å². The topological polar surface area (TPSA) is 29.3 Å². The normalized spacial score (nSPS) is 16.0. The summed E-state index contributed by atoms with van der Waals surface area (Å²) in [5.41, 5.74) is 3.19. The quantitative estimate of drug-likeness (QED) is 0.712. The Bertz CT molecular complexity index is 827. The van der Waals surface area contributed by atoms with Crippen LogP contribution in [0.4, 0.5) is 5.82 Å². The molecule has 3 aromatic rings. The van der Waals surface area contributed by atoms with Gasteiger partial charge in [-0.25, -0.2) is 4.98 Å². The minimum atomic E-state index is 0.558. The second-order valence-corrected chi connectivity index (χ2v) is 6.50. The molecule has 0 bridgehead atoms. The Hall–Kier alpha value is -2.55. The SMILES string of the molecule is C(=Cc1nc2ccccn2c1NC1CCCCC1)c1ccccc1. The number of nitrogens with one attached hydrogen (secondary N) is 1. The van der Waals surface area contributed by atoms with Crippen LogP contribution >= 0.6 is 0 Å². The first kappa shape index (κ1) is 15.0. The Morgan fingerprint density at radius 3 is 2.54 bits per heavy atom. The lowest BCUT2D eigenvalue weighted by atomic mass is 9.95. The van der Waals surface area contributed by atoms with E-state index in [1.54, 1.807) is 0 Å². The van der Waals surface area contributed by atoms with Gasteiger partial charge < -0.3 is 5.32 Å². The number of hydrogen-bond donors (Lipinski definition) is 1. The zero-order chi connectivity index (χ0) is 16.2. The van der Waals surface area contributed by atoms with Crippen molar-refractivity contribution in [3.05, 3.63) is 66.0 Å². The first-order valence-electron chi connectivity index (χ1n) is 8.87. The van der Waals surface area contributed by atoms with E-state index in [2.05, 4.69) is 64.5 Å². The molecule has 0 saturated heterocycles. The second kappa shape index (κ2) is 6.91. The molecule has 0 aliphatic heterocycles. The Morgan fingerprint density at radius 2 is 1.71 bits per heavy atom. The predicted molar refractivity (Wildman–Crippen MR) is 101 cm³/mol. The number of nitrogens with zero attached hydrogens (tertiary/aromatic N) is 2. The molecule has 0 atom stereocenters. The molecule has 1 aliphatic rings. The van der Waals surface area contributed by atoms with Crippen LogP contribution < -0.4 is 5.32 Å². The van der Waals surface area contributed by atoms with Crippen LogP contribution in [0.2, 0.25) is 0 Å². The predicted octanol–water partition coefficient (Wildman–Crippen LogP) is 5.25. The highest BCUT2D eigenvalue weighted by Gasteiger charge is 2.17. The summed E-state index contributed by atoms with van der Waals surface area (Å²) in [6, 6.07) is 17.1. The molecule has 3 nitrogen and oxygen atoms in total. The van der Waals surface area contributed by atoms with Crippen molar-refractivity contribution >= 4 is 23.6 Å². The average molecular weight is 317 g/mol. The second-order valence-electron chi connectivity index (χ2n) is 6.50. The maximum Gasteiger partial charge on any atom is 0.139 e. The van der Waals surface area contributed by atoms with E-state index >= 15 is 0 Å². The van der Waals surface area contributed by atoms with Gasteiger partial charge in [-0.3, -0.25) is 4.40 Å². The van der Waals surface area contributed by atoms with Crippen molar-refractivity contribution in [1.82, 2.24) is 9.38 Å². The van der Waals surface area contributed by atoms with Gasteiger partial charge in [0.05, 0.1) is 0 Å². The lowest BCUT2D eigenvalue weighted by Crippen LogP contribution is -2.23. The molecule has 1 saturated carbocycles. The molecule has 24 heavy (non-hydrogen) atoms. The van der Waals surface area contributed by atoms with Crippen LogP contribution in [0.5, 0.6) is 0 Å². The van der Waals surface area contributed by atoms with Crippen molar-refractivity contribution in [3.63, 3.8) is 0 Å². The average Bonchev–Trinajstić information content (AvgIpc) is 2.99. The molecule has 1 aliphatic carbocycles. The molecule has 4 rings (SSSR count). The summed E-state index contributed by atoms with van der Waals surface area (Å²) in [5.74, 6) is 1.12. The zero-order valence-corrected chi connectivity index (χ0v) is 13.9. The van der Waals surface area contributed by atoms with Gasteiger partial charge >= 0.3 is 0 Å². The smallest absolute Gasteiger partial charge is 0.139 e. The number of aromatic nitrogens is 2. The number of fused-ring (bicyclic) bond motifs is 1. The molecule has 0 radical (unpaired) electrons. The van der Waals surface area contributed by atoms with Crippen LogP contribution in [0.25, 0.3) is 17.8 Å². The van der Waals surface area contributed by atoms with Crippen molar-refractivity contribution in [1.29, 1.82) is 0 Å². The van der Waals surface area contributed by atoms with Crippen LogP contribution in [0.1, 0.15) is 43.4 Å². The fourth-order valence-corrected chi connectivity index (χ4v) is 3.45. The van der Waals surface area contributed by atoms with Gasteiger partial charge in [0.25, 0.3) is 0 Å². The third kappa shape index (κ3) is 3.21. The number of anilines is 1. The molecule has 2 heterocycles. The minimum absolute atomic E-state index is 0.558. The van der Waals surface area contributed by atoms with Gasteiger partial charge in [-0.2, -0.15) is 0 Å². The summed E-state index contributed by atoms with van der Waals surface area (Å²) in [6.45, 7) is 0. The molecule has 0 amide bonds. The van der Waals surface area contributed by atoms with Crippen molar-refractivity contribution in [2.24, 2.45) is 0 Å². The van der Waals surface area contributed by atoms with E-state index < -0.39 is 0 Å². The first-order chi connectivity index (χ1) is 11.9. The maximum absolute atomic E-state index is 4.81. The largest absolute Gasteiger partial charge is 0.367 e. The first-order valence-corrected chi connectivity index (χ1v) is 8.87. The molecule has 1 fully saturated rings. The van der Waals surface area contributed by atoms with Crippen molar-refractivity contribution in [3.8, 4) is 0 Å². The molecule has 1 N–H and O–H groups in total. The Morgan fingerprint density at radius 1 is 0.917 bits per heavy atom. The maximum atomic E-state index is 4.81. The summed E-state index contributed by atoms with van der Waals surface area (Å²) < 4.78 is 2.17. The van der Waals surface area contributed by atoms with Gasteiger partial charge in [-0.15, -0.1) is 0 Å². The van der Waals surface area contributed by atoms with E-state index in [1.807, 2.05) is 12.1 Å². The number of pyridine rings is 1. The van der Waals surface area contributed by atoms with Crippen molar-refractivity contribution in [2.45, 2.75) is 38.1 Å². The van der Waals surface area contributed by atoms with Gasteiger partial charge in [0, 0.05) is 12.2 Å². The van der Waals surface area contributed by atoms with Crippen LogP contribution in [0.3, 0.4) is 0 Å². The lowest BCUT2D eigenvalue weighted by Gasteiger charge is -2.23. The number of hydrogen-bond acceptors (Lipinski definition) is 2. The van der Waals surface area contributed by atoms with Crippen LogP contribution in [-0.2, 0) is 0 Å². The van der Waals surface area contributed by atoms with Crippen LogP contribution in [0.15, 0.2) is 54.7 Å². The van der Waals surface area contributed by atoms with Gasteiger partial charge in [-0.1, -0.05) is 61.7 Å². The molecular weight excluding hydrogens is 294 g/mol. The van der Waals surface area contributed by atoms with Crippen molar-refractivity contribution in [2.75, 3.05) is 5.32 Å². The molecule has 3 heteroatoms. The Balaban J connectivity index is 1.68. The molecule has 2 aromatic heterocycles. The van der Waals surface area contributed by atoms with E-state index in [9.17, 15) is 0 Å². The van der Waals surface area contributed by atoms with E-state index in [-0.39, 0.29) is 0 Å². The van der Waals surface area contributed by atoms with Gasteiger partial charge in [-0.05, 0) is 36.6 Å². The molecule has 122 valence electrons. The Kier molecular flexibility index (Phi) is 4.32. The van der Waals surface area contributed by atoms with E-state index in [4.69, 9.17) is 4.98 Å². The van der Waals surface area contributed by atoms with E-state index in [1.165, 1.54) is 37.7 Å². The third-order valence-corrected chi connectivity index (χ3v) is 4.74. The molecular formula is C21H23N3. The highest BCUT2D eigenvalue weighted by atomic mass is 15.1. The highest BCUT2D eigenvalue weighted by molar-refractivity contribution is 5.76. The number of rotatable bonds is 4.